The lowest BCUT2D eigenvalue weighted by Gasteiger charge is -2.28. The van der Waals surface area contributed by atoms with E-state index in [4.69, 9.17) is 0 Å². The van der Waals surface area contributed by atoms with Gasteiger partial charge in [-0.05, 0) is 49.6 Å². The SMILES string of the molecule is Cc1cccc(N2C(=O)c3cccnc3[C@@H]2CC(=O)N2CCCCCC2)c1. The first-order valence-electron chi connectivity index (χ1n) is 9.78. The quantitative estimate of drug-likeness (QED) is 0.831. The van der Waals surface area contributed by atoms with Gasteiger partial charge in [-0.15, -0.1) is 0 Å². The Bertz CT molecular complexity index is 856. The van der Waals surface area contributed by atoms with Crippen LogP contribution in [0, 0.1) is 6.92 Å². The zero-order chi connectivity index (χ0) is 18.8. The topological polar surface area (TPSA) is 53.5 Å². The molecule has 0 bridgehead atoms. The van der Waals surface area contributed by atoms with Gasteiger partial charge in [0.1, 0.15) is 0 Å². The maximum Gasteiger partial charge on any atom is 0.260 e. The molecule has 5 nitrogen and oxygen atoms in total. The molecule has 1 saturated heterocycles. The van der Waals surface area contributed by atoms with Gasteiger partial charge < -0.3 is 4.90 Å². The van der Waals surface area contributed by atoms with Gasteiger partial charge in [0.2, 0.25) is 5.91 Å². The van der Waals surface area contributed by atoms with E-state index in [1.165, 1.54) is 12.8 Å². The normalized spacial score (nSPS) is 19.7. The van der Waals surface area contributed by atoms with Crippen molar-refractivity contribution in [3.05, 3.63) is 59.4 Å². The number of carbonyl (C=O) groups excluding carboxylic acids is 2. The van der Waals surface area contributed by atoms with E-state index in [0.29, 0.717) is 11.3 Å². The van der Waals surface area contributed by atoms with Crippen LogP contribution in [0.4, 0.5) is 5.69 Å². The third-order valence-corrected chi connectivity index (χ3v) is 5.52. The van der Waals surface area contributed by atoms with Crippen molar-refractivity contribution in [3.8, 4) is 0 Å². The fraction of sp³-hybridized carbons (Fsp3) is 0.409. The first-order chi connectivity index (χ1) is 13.1. The molecule has 1 aromatic heterocycles. The predicted octanol–water partition coefficient (Wildman–Crippen LogP) is 3.88. The molecule has 1 atom stereocenters. The number of anilines is 1. The molecule has 1 aromatic carbocycles. The van der Waals surface area contributed by atoms with Crippen LogP contribution in [0.2, 0.25) is 0 Å². The van der Waals surface area contributed by atoms with Gasteiger partial charge >= 0.3 is 0 Å². The Kier molecular flexibility index (Phi) is 4.92. The van der Waals surface area contributed by atoms with Crippen molar-refractivity contribution in [1.82, 2.24) is 9.88 Å². The van der Waals surface area contributed by atoms with E-state index in [2.05, 4.69) is 4.98 Å². The zero-order valence-electron chi connectivity index (χ0n) is 15.7. The summed E-state index contributed by atoms with van der Waals surface area (Å²) in [4.78, 5) is 34.3. The Morgan fingerprint density at radius 3 is 2.63 bits per heavy atom. The molecule has 0 saturated carbocycles. The summed E-state index contributed by atoms with van der Waals surface area (Å²) in [6, 6.07) is 11.1. The molecule has 0 unspecified atom stereocenters. The van der Waals surface area contributed by atoms with Gasteiger partial charge in [-0.3, -0.25) is 19.5 Å². The number of fused-ring (bicyclic) bond motifs is 1. The molecule has 2 aliphatic rings. The number of carbonyl (C=O) groups is 2. The number of aromatic nitrogens is 1. The molecule has 27 heavy (non-hydrogen) atoms. The van der Waals surface area contributed by atoms with Gasteiger partial charge in [0.05, 0.1) is 23.7 Å². The highest BCUT2D eigenvalue weighted by atomic mass is 16.2. The molecule has 4 rings (SSSR count). The second-order valence-electron chi connectivity index (χ2n) is 7.47. The van der Waals surface area contributed by atoms with Crippen LogP contribution in [0.5, 0.6) is 0 Å². The smallest absolute Gasteiger partial charge is 0.260 e. The van der Waals surface area contributed by atoms with E-state index in [-0.39, 0.29) is 24.3 Å². The van der Waals surface area contributed by atoms with Crippen LogP contribution < -0.4 is 4.90 Å². The van der Waals surface area contributed by atoms with E-state index in [1.54, 1.807) is 17.2 Å². The molecule has 1 fully saturated rings. The minimum Gasteiger partial charge on any atom is -0.343 e. The number of hydrogen-bond acceptors (Lipinski definition) is 3. The number of aryl methyl sites for hydroxylation is 1. The molecular weight excluding hydrogens is 338 g/mol. The average Bonchev–Trinajstić information content (AvgIpc) is 2.85. The van der Waals surface area contributed by atoms with Crippen molar-refractivity contribution in [2.75, 3.05) is 18.0 Å². The summed E-state index contributed by atoms with van der Waals surface area (Å²) in [6.07, 6.45) is 6.48. The van der Waals surface area contributed by atoms with Gasteiger partial charge in [0.25, 0.3) is 5.91 Å². The van der Waals surface area contributed by atoms with Crippen LogP contribution in [-0.2, 0) is 4.79 Å². The summed E-state index contributed by atoms with van der Waals surface area (Å²) < 4.78 is 0. The van der Waals surface area contributed by atoms with Crippen molar-refractivity contribution in [1.29, 1.82) is 0 Å². The molecule has 2 aromatic rings. The minimum atomic E-state index is -0.341. The summed E-state index contributed by atoms with van der Waals surface area (Å²) in [5, 5.41) is 0. The molecule has 140 valence electrons. The first-order valence-corrected chi connectivity index (χ1v) is 9.78. The number of likely N-dealkylation sites (tertiary alicyclic amines) is 1. The zero-order valence-corrected chi connectivity index (χ0v) is 15.7. The van der Waals surface area contributed by atoms with Crippen LogP contribution in [0.1, 0.15) is 59.8 Å². The molecule has 0 spiro atoms. The van der Waals surface area contributed by atoms with Gasteiger partial charge in [-0.2, -0.15) is 0 Å². The number of benzene rings is 1. The summed E-state index contributed by atoms with van der Waals surface area (Å²) in [7, 11) is 0. The average molecular weight is 363 g/mol. The van der Waals surface area contributed by atoms with Gasteiger partial charge in [0, 0.05) is 25.0 Å². The summed E-state index contributed by atoms with van der Waals surface area (Å²) in [5.74, 6) is 0.0447. The second kappa shape index (κ2) is 7.51. The van der Waals surface area contributed by atoms with E-state index >= 15 is 0 Å². The fourth-order valence-corrected chi connectivity index (χ4v) is 4.14. The number of nitrogens with zero attached hydrogens (tertiary/aromatic N) is 3. The van der Waals surface area contributed by atoms with E-state index < -0.39 is 0 Å². The van der Waals surface area contributed by atoms with Crippen LogP contribution in [0.3, 0.4) is 0 Å². The molecule has 0 aliphatic carbocycles. The van der Waals surface area contributed by atoms with Crippen molar-refractivity contribution in [2.45, 2.75) is 45.1 Å². The van der Waals surface area contributed by atoms with Crippen molar-refractivity contribution in [2.24, 2.45) is 0 Å². The molecule has 2 aliphatic heterocycles. The van der Waals surface area contributed by atoms with Crippen LogP contribution >= 0.6 is 0 Å². The number of amides is 2. The monoisotopic (exact) mass is 363 g/mol. The van der Waals surface area contributed by atoms with Gasteiger partial charge in [-0.1, -0.05) is 25.0 Å². The highest BCUT2D eigenvalue weighted by Gasteiger charge is 2.40. The second-order valence-corrected chi connectivity index (χ2v) is 7.47. The van der Waals surface area contributed by atoms with Gasteiger partial charge in [-0.25, -0.2) is 0 Å². The predicted molar refractivity (Wildman–Crippen MR) is 105 cm³/mol. The molecule has 2 amide bonds. The molecule has 0 radical (unpaired) electrons. The molecule has 5 heteroatoms. The maximum absolute atomic E-state index is 13.1. The van der Waals surface area contributed by atoms with Crippen molar-refractivity contribution in [3.63, 3.8) is 0 Å². The van der Waals surface area contributed by atoms with E-state index in [9.17, 15) is 9.59 Å². The van der Waals surface area contributed by atoms with E-state index in [0.717, 1.165) is 37.2 Å². The third-order valence-electron chi connectivity index (χ3n) is 5.52. The third kappa shape index (κ3) is 3.46. The largest absolute Gasteiger partial charge is 0.343 e. The fourth-order valence-electron chi connectivity index (χ4n) is 4.14. The Balaban J connectivity index is 1.66. The van der Waals surface area contributed by atoms with Crippen molar-refractivity contribution >= 4 is 17.5 Å². The van der Waals surface area contributed by atoms with Crippen LogP contribution in [0.15, 0.2) is 42.6 Å². The minimum absolute atomic E-state index is 0.0719. The molecule has 3 heterocycles. The lowest BCUT2D eigenvalue weighted by molar-refractivity contribution is -0.131. The summed E-state index contributed by atoms with van der Waals surface area (Å²) in [6.45, 7) is 3.64. The number of pyridine rings is 1. The highest BCUT2D eigenvalue weighted by molar-refractivity contribution is 6.11. The van der Waals surface area contributed by atoms with Gasteiger partial charge in [0.15, 0.2) is 0 Å². The Morgan fingerprint density at radius 2 is 1.89 bits per heavy atom. The highest BCUT2D eigenvalue weighted by Crippen LogP contribution is 2.38. The molecule has 0 N–H and O–H groups in total. The summed E-state index contributed by atoms with van der Waals surface area (Å²) in [5.41, 5.74) is 3.23. The first kappa shape index (κ1) is 17.7. The van der Waals surface area contributed by atoms with Crippen molar-refractivity contribution < 1.29 is 9.59 Å². The Labute approximate surface area is 160 Å². The maximum atomic E-state index is 13.1. The number of rotatable bonds is 3. The molecular formula is C22H25N3O2. The lowest BCUT2D eigenvalue weighted by atomic mass is 10.1. The number of hydrogen-bond donors (Lipinski definition) is 0. The standard InChI is InChI=1S/C22H25N3O2/c1-16-8-6-9-17(14-16)25-19(21-18(22(25)27)10-7-11-23-21)15-20(26)24-12-4-2-3-5-13-24/h6-11,14,19H,2-5,12-13,15H2,1H3/t19-/m0/s1. The van der Waals surface area contributed by atoms with E-state index in [1.807, 2.05) is 42.2 Å². The summed E-state index contributed by atoms with van der Waals surface area (Å²) >= 11 is 0. The Hall–Kier alpha value is -2.69. The van der Waals surface area contributed by atoms with Crippen LogP contribution in [0.25, 0.3) is 0 Å². The van der Waals surface area contributed by atoms with Crippen LogP contribution in [-0.4, -0.2) is 34.8 Å². The lowest BCUT2D eigenvalue weighted by Crippen LogP contribution is -2.36. The Morgan fingerprint density at radius 1 is 1.11 bits per heavy atom.